The Hall–Kier alpha value is -6.86. The van der Waals surface area contributed by atoms with Crippen LogP contribution in [-0.4, -0.2) is 32.5 Å². The van der Waals surface area contributed by atoms with Crippen molar-refractivity contribution in [1.29, 1.82) is 5.26 Å². The first kappa shape index (κ1) is 37.7. The maximum absolute atomic E-state index is 13.1. The number of carbonyl (C=O) groups is 1. The number of allylic oxidation sites excluding steroid dienone is 2. The van der Waals surface area contributed by atoms with Crippen LogP contribution in [0.3, 0.4) is 0 Å². The molecule has 0 radical (unpaired) electrons. The molecule has 5 heterocycles. The van der Waals surface area contributed by atoms with Crippen molar-refractivity contribution in [2.75, 3.05) is 6.61 Å². The van der Waals surface area contributed by atoms with E-state index < -0.39 is 5.97 Å². The standard InChI is InChI=1S/C50H33Br2N5O2/c1-2-59-50(58)35(29-53)27-34-28-40-41(30-15-7-3-8-16-30)36-23-24-38(54-36)43(32-19-11-5-12-20-32)48-45(51)46(52)49(57-48)44(33-21-13-6-14-22-33)39-26-25-37(55-39)42(47(34)56-40)31-17-9-4-10-18-31/h3-28,54-55H,2H2,1H3/b35-27-,41-36?,41-40?,42-37?,43-38?,44-39?,47-42?,48-43?,49-44?. The van der Waals surface area contributed by atoms with Gasteiger partial charge in [-0.3, -0.25) is 0 Å². The summed E-state index contributed by atoms with van der Waals surface area (Å²) in [6, 6.07) is 50.9. The van der Waals surface area contributed by atoms with E-state index in [0.717, 1.165) is 86.9 Å². The van der Waals surface area contributed by atoms with Crippen LogP contribution in [0.4, 0.5) is 0 Å². The first-order valence-electron chi connectivity index (χ1n) is 19.0. The lowest BCUT2D eigenvalue weighted by Crippen LogP contribution is -2.06. The number of fused-ring (bicyclic) bond motifs is 8. The Bertz CT molecular complexity index is 3090. The Labute approximate surface area is 357 Å². The molecule has 2 aliphatic rings. The highest BCUT2D eigenvalue weighted by Crippen LogP contribution is 2.47. The van der Waals surface area contributed by atoms with Gasteiger partial charge in [0.1, 0.15) is 11.6 Å². The molecule has 59 heavy (non-hydrogen) atoms. The highest BCUT2D eigenvalue weighted by Gasteiger charge is 2.27. The minimum absolute atomic E-state index is 0.129. The fourth-order valence-electron chi connectivity index (χ4n) is 7.62. The highest BCUT2D eigenvalue weighted by atomic mass is 79.9. The third kappa shape index (κ3) is 7.07. The number of benzene rings is 4. The summed E-state index contributed by atoms with van der Waals surface area (Å²) in [4.78, 5) is 31.6. The van der Waals surface area contributed by atoms with Crippen LogP contribution < -0.4 is 0 Å². The van der Waals surface area contributed by atoms with Crippen LogP contribution in [0.5, 0.6) is 0 Å². The Morgan fingerprint density at radius 1 is 0.593 bits per heavy atom. The van der Waals surface area contributed by atoms with E-state index in [1.807, 2.05) is 97.1 Å². The molecular formula is C50H33Br2N5O2. The van der Waals surface area contributed by atoms with Crippen LogP contribution in [0.25, 0.3) is 87.2 Å². The van der Waals surface area contributed by atoms with E-state index in [1.54, 1.807) is 13.0 Å². The number of nitriles is 1. The topological polar surface area (TPSA) is 107 Å². The number of aromatic amines is 2. The molecule has 284 valence electrons. The zero-order valence-electron chi connectivity index (χ0n) is 31.6. The van der Waals surface area contributed by atoms with Crippen molar-refractivity contribution in [2.45, 2.75) is 6.92 Å². The molecule has 0 spiro atoms. The molecule has 7 aromatic rings. The van der Waals surface area contributed by atoms with Gasteiger partial charge in [-0.25, -0.2) is 14.8 Å². The van der Waals surface area contributed by atoms with Crippen molar-refractivity contribution in [3.63, 3.8) is 0 Å². The van der Waals surface area contributed by atoms with E-state index in [0.29, 0.717) is 17.0 Å². The third-order valence-electron chi connectivity index (χ3n) is 10.2. The number of hydrogen-bond acceptors (Lipinski definition) is 5. The van der Waals surface area contributed by atoms with E-state index in [-0.39, 0.29) is 12.2 Å². The lowest BCUT2D eigenvalue weighted by Gasteiger charge is -2.08. The molecule has 0 fully saturated rings. The maximum atomic E-state index is 13.1. The van der Waals surface area contributed by atoms with Crippen LogP contribution >= 0.6 is 31.9 Å². The maximum Gasteiger partial charge on any atom is 0.348 e. The number of esters is 1. The van der Waals surface area contributed by atoms with Crippen molar-refractivity contribution < 1.29 is 9.53 Å². The molecule has 0 amide bonds. The van der Waals surface area contributed by atoms with Gasteiger partial charge in [0.25, 0.3) is 0 Å². The summed E-state index contributed by atoms with van der Waals surface area (Å²) < 4.78 is 6.96. The molecule has 3 aromatic heterocycles. The van der Waals surface area contributed by atoms with E-state index in [9.17, 15) is 10.1 Å². The number of rotatable bonds is 7. The number of H-pyrrole nitrogens is 2. The van der Waals surface area contributed by atoms with Crippen LogP contribution in [-0.2, 0) is 9.53 Å². The summed E-state index contributed by atoms with van der Waals surface area (Å²) in [6.45, 7) is 1.86. The Morgan fingerprint density at radius 3 is 1.39 bits per heavy atom. The van der Waals surface area contributed by atoms with Crippen LogP contribution in [0, 0.1) is 11.3 Å². The van der Waals surface area contributed by atoms with Gasteiger partial charge in [0.05, 0.1) is 38.3 Å². The van der Waals surface area contributed by atoms with E-state index in [4.69, 9.17) is 14.7 Å². The first-order valence-corrected chi connectivity index (χ1v) is 20.6. The molecule has 4 aromatic carbocycles. The largest absolute Gasteiger partial charge is 0.462 e. The zero-order chi connectivity index (χ0) is 40.5. The molecule has 2 aliphatic heterocycles. The van der Waals surface area contributed by atoms with E-state index in [2.05, 4.69) is 102 Å². The minimum atomic E-state index is -0.698. The zero-order valence-corrected chi connectivity index (χ0v) is 34.8. The summed E-state index contributed by atoms with van der Waals surface area (Å²) in [5.41, 5.74) is 13.7. The van der Waals surface area contributed by atoms with E-state index in [1.165, 1.54) is 0 Å². The van der Waals surface area contributed by atoms with Gasteiger partial charge in [-0.15, -0.1) is 0 Å². The van der Waals surface area contributed by atoms with Gasteiger partial charge in [0, 0.05) is 49.9 Å². The van der Waals surface area contributed by atoms with Crippen molar-refractivity contribution >= 4 is 80.5 Å². The van der Waals surface area contributed by atoms with Crippen molar-refractivity contribution in [1.82, 2.24) is 19.9 Å². The number of hydrogen-bond donors (Lipinski definition) is 2. The normalized spacial score (nSPS) is 12.6. The number of carbonyl (C=O) groups excluding carboxylic acids is 1. The molecule has 0 unspecified atom stereocenters. The van der Waals surface area contributed by atoms with Gasteiger partial charge >= 0.3 is 5.97 Å². The highest BCUT2D eigenvalue weighted by molar-refractivity contribution is 9.18. The molecule has 7 nitrogen and oxygen atoms in total. The Kier molecular flexibility index (Phi) is 10.3. The van der Waals surface area contributed by atoms with Gasteiger partial charge in [-0.1, -0.05) is 121 Å². The fourth-order valence-corrected chi connectivity index (χ4v) is 8.56. The van der Waals surface area contributed by atoms with Crippen molar-refractivity contribution in [3.05, 3.63) is 180 Å². The van der Waals surface area contributed by atoms with Gasteiger partial charge in [-0.05, 0) is 97.5 Å². The average molecular weight is 896 g/mol. The number of ether oxygens (including phenoxy) is 1. The second-order valence-corrected chi connectivity index (χ2v) is 15.4. The lowest BCUT2D eigenvalue weighted by atomic mass is 9.98. The predicted octanol–water partition coefficient (Wildman–Crippen LogP) is 13.2. The fraction of sp³-hybridized carbons (Fsp3) is 0.0400. The van der Waals surface area contributed by atoms with Gasteiger partial charge in [-0.2, -0.15) is 5.26 Å². The summed E-state index contributed by atoms with van der Waals surface area (Å²) >= 11 is 7.95. The Balaban J connectivity index is 1.53. The monoisotopic (exact) mass is 893 g/mol. The quantitative estimate of drug-likeness (QED) is 0.0941. The molecule has 8 bridgehead atoms. The van der Waals surface area contributed by atoms with Gasteiger partial charge in [0.15, 0.2) is 0 Å². The second kappa shape index (κ2) is 16.2. The number of aromatic nitrogens is 4. The van der Waals surface area contributed by atoms with Crippen LogP contribution in [0.2, 0.25) is 0 Å². The van der Waals surface area contributed by atoms with Crippen molar-refractivity contribution in [3.8, 4) is 50.6 Å². The number of halogens is 2. The van der Waals surface area contributed by atoms with Gasteiger partial charge < -0.3 is 14.7 Å². The molecule has 0 saturated carbocycles. The second-order valence-electron chi connectivity index (χ2n) is 13.8. The summed E-state index contributed by atoms with van der Waals surface area (Å²) in [5.74, 6) is -0.698. The summed E-state index contributed by atoms with van der Waals surface area (Å²) in [6.07, 6.45) is 3.53. The molecule has 2 N–H and O–H groups in total. The molecule has 0 saturated heterocycles. The molecule has 9 rings (SSSR count). The minimum Gasteiger partial charge on any atom is -0.462 e. The SMILES string of the molecule is CCOC(=O)/C(C#N)=C\C1=Cc2nc1c(-c1ccccc1)c1ccc([nH]1)c(-c1ccccc1)c1nc(c(-c3ccccc3)c3ccc([nH]3)c2-c2ccccc2)C(Br)=C1Br. The lowest BCUT2D eigenvalue weighted by molar-refractivity contribution is -0.138. The third-order valence-corrected chi connectivity index (χ3v) is 12.3. The smallest absolute Gasteiger partial charge is 0.348 e. The summed E-state index contributed by atoms with van der Waals surface area (Å²) in [5, 5.41) is 10.3. The molecular weight excluding hydrogens is 862 g/mol. The summed E-state index contributed by atoms with van der Waals surface area (Å²) in [7, 11) is 0. The first-order chi connectivity index (χ1) is 28.9. The van der Waals surface area contributed by atoms with Crippen molar-refractivity contribution in [2.24, 2.45) is 0 Å². The van der Waals surface area contributed by atoms with Crippen LogP contribution in [0.1, 0.15) is 29.7 Å². The molecule has 0 atom stereocenters. The molecule has 0 aliphatic carbocycles. The van der Waals surface area contributed by atoms with Gasteiger partial charge in [0.2, 0.25) is 0 Å². The van der Waals surface area contributed by atoms with E-state index >= 15 is 0 Å². The predicted molar refractivity (Wildman–Crippen MR) is 246 cm³/mol. The van der Waals surface area contributed by atoms with Crippen LogP contribution in [0.15, 0.2) is 157 Å². The number of nitrogens with one attached hydrogen (secondary N) is 2. The number of nitrogens with zero attached hydrogens (tertiary/aromatic N) is 3. The Morgan fingerprint density at radius 2 is 0.983 bits per heavy atom. The average Bonchev–Trinajstić information content (AvgIpc) is 4.09. The molecule has 9 heteroatoms.